The molecular weight excluding hydrogens is 665 g/mol. The van der Waals surface area contributed by atoms with Gasteiger partial charge in [-0.05, 0) is 106 Å². The number of hydrogen-bond acceptors (Lipinski definition) is 4. The molecule has 54 heavy (non-hydrogen) atoms. The minimum Gasteiger partial charge on any atom is -0.497 e. The average molecular weight is 719 g/mol. The molecule has 6 nitrogen and oxygen atoms in total. The van der Waals surface area contributed by atoms with E-state index in [0.717, 1.165) is 68.5 Å². The van der Waals surface area contributed by atoms with Crippen molar-refractivity contribution in [2.75, 3.05) is 7.11 Å². The summed E-state index contributed by atoms with van der Waals surface area (Å²) in [5.74, 6) is 5.92. The van der Waals surface area contributed by atoms with Crippen LogP contribution >= 0.6 is 0 Å². The lowest BCUT2D eigenvalue weighted by atomic mass is 9.62. The Hall–Kier alpha value is -4.84. The van der Waals surface area contributed by atoms with Crippen molar-refractivity contribution in [1.29, 1.82) is 0 Å². The van der Waals surface area contributed by atoms with Gasteiger partial charge in [0.15, 0.2) is 0 Å². The molecule has 0 spiro atoms. The summed E-state index contributed by atoms with van der Waals surface area (Å²) in [6.07, 6.45) is 20.9. The highest BCUT2D eigenvalue weighted by Crippen LogP contribution is 2.52. The molecule has 0 N–H and O–H groups in total. The van der Waals surface area contributed by atoms with E-state index in [2.05, 4.69) is 96.8 Å². The van der Waals surface area contributed by atoms with Gasteiger partial charge in [0.2, 0.25) is 0 Å². The second kappa shape index (κ2) is 14.8. The van der Waals surface area contributed by atoms with Crippen LogP contribution in [0.3, 0.4) is 0 Å². The molecule has 2 atom stereocenters. The van der Waals surface area contributed by atoms with Crippen LogP contribution in [-0.2, 0) is 0 Å². The van der Waals surface area contributed by atoms with Crippen molar-refractivity contribution in [2.45, 2.75) is 104 Å². The number of hydrogen-bond donors (Lipinski definition) is 0. The number of aromatic nitrogens is 4. The van der Waals surface area contributed by atoms with E-state index in [-0.39, 0.29) is 0 Å². The third-order valence-corrected chi connectivity index (χ3v) is 13.0. The first-order valence-corrected chi connectivity index (χ1v) is 20.6. The third-order valence-electron chi connectivity index (χ3n) is 13.0. The minimum atomic E-state index is 0.483. The Balaban J connectivity index is 1.08. The highest BCUT2D eigenvalue weighted by molar-refractivity contribution is 6.09. The van der Waals surface area contributed by atoms with E-state index >= 15 is 0 Å². The fourth-order valence-corrected chi connectivity index (χ4v) is 10.6. The van der Waals surface area contributed by atoms with Gasteiger partial charge in [-0.3, -0.25) is 4.57 Å². The summed E-state index contributed by atoms with van der Waals surface area (Å²) in [7, 11) is 1.69. The predicted molar refractivity (Wildman–Crippen MR) is 220 cm³/mol. The number of para-hydroxylation sites is 1. The quantitative estimate of drug-likeness (QED) is 0.147. The monoisotopic (exact) mass is 718 g/mol. The molecular formula is C48H54N4O2. The first-order valence-electron chi connectivity index (χ1n) is 20.6. The van der Waals surface area contributed by atoms with E-state index in [4.69, 9.17) is 19.6 Å². The second-order valence-electron chi connectivity index (χ2n) is 16.3. The summed E-state index contributed by atoms with van der Waals surface area (Å²) in [6.45, 7) is 6.74. The Morgan fingerprint density at radius 2 is 1.48 bits per heavy atom. The molecule has 0 aliphatic heterocycles. The minimum absolute atomic E-state index is 0.483. The number of fused-ring (bicyclic) bond motifs is 3. The highest BCUT2D eigenvalue weighted by Gasteiger charge is 2.40. The van der Waals surface area contributed by atoms with Crippen LogP contribution in [0.25, 0.3) is 33.3 Å². The molecule has 3 aromatic carbocycles. The third kappa shape index (κ3) is 6.41. The molecule has 6 heteroatoms. The van der Waals surface area contributed by atoms with Crippen LogP contribution in [0, 0.1) is 38.5 Å². The van der Waals surface area contributed by atoms with Gasteiger partial charge in [-0.2, -0.15) is 5.10 Å². The highest BCUT2D eigenvalue weighted by atomic mass is 16.5. The number of ether oxygens (including phenoxy) is 2. The smallest absolute Gasteiger partial charge is 0.141 e. The van der Waals surface area contributed by atoms with Gasteiger partial charge in [0.25, 0.3) is 0 Å². The fourth-order valence-electron chi connectivity index (χ4n) is 10.6. The van der Waals surface area contributed by atoms with Gasteiger partial charge in [-0.25, -0.2) is 9.67 Å². The Kier molecular flexibility index (Phi) is 9.54. The molecule has 0 saturated heterocycles. The van der Waals surface area contributed by atoms with E-state index in [1.54, 1.807) is 18.9 Å². The van der Waals surface area contributed by atoms with E-state index < -0.39 is 0 Å². The van der Waals surface area contributed by atoms with Crippen LogP contribution in [0.15, 0.2) is 90.6 Å². The molecule has 0 unspecified atom stereocenters. The normalized spacial score (nSPS) is 20.0. The van der Waals surface area contributed by atoms with E-state index in [0.29, 0.717) is 5.92 Å². The van der Waals surface area contributed by atoms with Crippen LogP contribution in [0.2, 0.25) is 0 Å². The van der Waals surface area contributed by atoms with Crippen LogP contribution in [0.1, 0.15) is 105 Å². The van der Waals surface area contributed by atoms with Gasteiger partial charge in [0, 0.05) is 52.3 Å². The largest absolute Gasteiger partial charge is 0.497 e. The Morgan fingerprint density at radius 1 is 0.704 bits per heavy atom. The summed E-state index contributed by atoms with van der Waals surface area (Å²) in [6, 6.07) is 25.3. The van der Waals surface area contributed by atoms with Crippen LogP contribution in [-0.4, -0.2) is 26.4 Å². The maximum absolute atomic E-state index is 6.74. The number of rotatable bonds is 8. The lowest BCUT2D eigenvalue weighted by Crippen LogP contribution is -2.31. The molecule has 3 aromatic heterocycles. The molecule has 0 bridgehead atoms. The van der Waals surface area contributed by atoms with E-state index in [1.165, 1.54) is 99.4 Å². The number of benzene rings is 3. The van der Waals surface area contributed by atoms with Gasteiger partial charge in [0.1, 0.15) is 23.1 Å². The van der Waals surface area contributed by atoms with Gasteiger partial charge in [-0.1, -0.05) is 81.2 Å². The average Bonchev–Trinajstić information content (AvgIpc) is 3.70. The number of aryl methyl sites for hydroxylation is 2. The topological polar surface area (TPSA) is 54.1 Å². The van der Waals surface area contributed by atoms with Crippen molar-refractivity contribution >= 4 is 21.8 Å². The van der Waals surface area contributed by atoms with Crippen molar-refractivity contribution in [3.05, 3.63) is 113 Å². The van der Waals surface area contributed by atoms with Gasteiger partial charge in [-0.15, -0.1) is 0 Å². The summed E-state index contributed by atoms with van der Waals surface area (Å²) >= 11 is 0. The molecule has 0 amide bonds. The first kappa shape index (κ1) is 34.9. The molecule has 6 aromatic rings. The molecule has 9 rings (SSSR count). The Bertz CT molecular complexity index is 2330. The van der Waals surface area contributed by atoms with Crippen LogP contribution < -0.4 is 9.47 Å². The molecule has 3 aliphatic rings. The van der Waals surface area contributed by atoms with Gasteiger partial charge >= 0.3 is 0 Å². The maximum Gasteiger partial charge on any atom is 0.141 e. The zero-order valence-corrected chi connectivity index (χ0v) is 32.5. The van der Waals surface area contributed by atoms with Crippen molar-refractivity contribution < 1.29 is 9.47 Å². The number of nitrogens with zero attached hydrogens (tertiary/aromatic N) is 4. The Morgan fingerprint density at radius 3 is 2.30 bits per heavy atom. The van der Waals surface area contributed by atoms with E-state index in [9.17, 15) is 0 Å². The Labute approximate surface area is 320 Å². The number of methoxy groups -OCH3 is 1. The van der Waals surface area contributed by atoms with Crippen LogP contribution in [0.5, 0.6) is 17.2 Å². The lowest BCUT2D eigenvalue weighted by molar-refractivity contribution is 0.198. The number of allylic oxidation sites excluding steroid dienone is 2. The fraction of sp³-hybridized carbons (Fsp3) is 0.417. The summed E-state index contributed by atoms with van der Waals surface area (Å²) in [5.41, 5.74) is 10.1. The van der Waals surface area contributed by atoms with Crippen molar-refractivity contribution in [3.63, 3.8) is 0 Å². The zero-order chi connectivity index (χ0) is 36.8. The maximum atomic E-state index is 6.74. The van der Waals surface area contributed by atoms with Crippen LogP contribution in [0.4, 0.5) is 0 Å². The van der Waals surface area contributed by atoms with E-state index in [1.807, 2.05) is 12.1 Å². The van der Waals surface area contributed by atoms with Crippen molar-refractivity contribution in [1.82, 2.24) is 19.3 Å². The molecule has 2 fully saturated rings. The van der Waals surface area contributed by atoms with Crippen molar-refractivity contribution in [3.8, 4) is 28.8 Å². The molecule has 3 aliphatic carbocycles. The van der Waals surface area contributed by atoms with Gasteiger partial charge in [0.05, 0.1) is 29.5 Å². The number of pyridine rings is 1. The second-order valence-corrected chi connectivity index (χ2v) is 16.3. The SMILES string of the molecule is COc1ccnc(-n2c3ccccc3c3ccc(Oc4cc(C)cc(-n5nc(C)c([C@@H]6C(C7CCCCC7)=CCC[C@@H]6C6CCCCC6)c5C)c4)cc32)c1. The molecule has 0 radical (unpaired) electrons. The summed E-state index contributed by atoms with van der Waals surface area (Å²) in [5, 5.41) is 7.67. The standard InChI is InChI=1S/C48H54N4O2/c1-31-26-36(52-33(3)47(32(2)50-52)48-40(34-14-7-5-8-15-34)19-13-20-41(48)35-16-9-6-10-17-35)28-39(27-31)54-38-22-23-43-42-18-11-12-21-44(42)51(45(43)29-38)46-30-37(53-4)24-25-49-46/h11-12,18-19,21-30,34-35,41,48H,5-10,13-17,20H2,1-4H3/t41-,48-/m1/s1. The molecule has 3 heterocycles. The summed E-state index contributed by atoms with van der Waals surface area (Å²) in [4.78, 5) is 4.74. The lowest BCUT2D eigenvalue weighted by Gasteiger charge is -2.43. The van der Waals surface area contributed by atoms with Crippen molar-refractivity contribution in [2.24, 2.45) is 17.8 Å². The predicted octanol–water partition coefficient (Wildman–Crippen LogP) is 12.7. The zero-order valence-electron chi connectivity index (χ0n) is 32.5. The summed E-state index contributed by atoms with van der Waals surface area (Å²) < 4.78 is 16.7. The first-order chi connectivity index (χ1) is 26.5. The molecule has 278 valence electrons. The molecule has 2 saturated carbocycles. The van der Waals surface area contributed by atoms with Gasteiger partial charge < -0.3 is 9.47 Å².